The second-order valence-corrected chi connectivity index (χ2v) is 3.47. The molecule has 2 heteroatoms. The van der Waals surface area contributed by atoms with Gasteiger partial charge in [0.1, 0.15) is 0 Å². The first kappa shape index (κ1) is 9.28. The van der Waals surface area contributed by atoms with Crippen LogP contribution in [0.3, 0.4) is 0 Å². The summed E-state index contributed by atoms with van der Waals surface area (Å²) in [4.78, 5) is 0. The van der Waals surface area contributed by atoms with E-state index in [-0.39, 0.29) is 0 Å². The Labute approximate surface area is 84.5 Å². The zero-order chi connectivity index (χ0) is 9.97. The van der Waals surface area contributed by atoms with Gasteiger partial charge in [0, 0.05) is 24.3 Å². The van der Waals surface area contributed by atoms with Crippen LogP contribution < -0.4 is 5.32 Å². The monoisotopic (exact) mass is 188 g/mol. The molecule has 2 aromatic rings. The Balaban J connectivity index is 2.60. The molecule has 14 heavy (non-hydrogen) atoms. The van der Waals surface area contributed by atoms with E-state index in [4.69, 9.17) is 0 Å². The molecule has 2 rings (SSSR count). The standard InChI is InChI=1S/C12H16N2/c1-3-14-11(9-13-2)8-10-6-4-5-7-12(10)14/h4-8,13H,3,9H2,1-2H3. The molecule has 0 bridgehead atoms. The van der Waals surface area contributed by atoms with Crippen LogP contribution in [0.5, 0.6) is 0 Å². The zero-order valence-electron chi connectivity index (χ0n) is 8.75. The van der Waals surface area contributed by atoms with Crippen molar-refractivity contribution in [3.8, 4) is 0 Å². The van der Waals surface area contributed by atoms with Crippen LogP contribution in [-0.4, -0.2) is 11.6 Å². The van der Waals surface area contributed by atoms with E-state index in [2.05, 4.69) is 47.1 Å². The van der Waals surface area contributed by atoms with Crippen molar-refractivity contribution >= 4 is 10.9 Å². The maximum absolute atomic E-state index is 3.20. The van der Waals surface area contributed by atoms with Crippen LogP contribution in [0.4, 0.5) is 0 Å². The van der Waals surface area contributed by atoms with Crippen molar-refractivity contribution < 1.29 is 0 Å². The lowest BCUT2D eigenvalue weighted by Gasteiger charge is -2.06. The Bertz CT molecular complexity index is 429. The fourth-order valence-corrected chi connectivity index (χ4v) is 1.97. The van der Waals surface area contributed by atoms with E-state index in [1.54, 1.807) is 0 Å². The number of rotatable bonds is 3. The largest absolute Gasteiger partial charge is 0.344 e. The smallest absolute Gasteiger partial charge is 0.0482 e. The van der Waals surface area contributed by atoms with Gasteiger partial charge < -0.3 is 9.88 Å². The van der Waals surface area contributed by atoms with Crippen LogP contribution in [-0.2, 0) is 13.1 Å². The van der Waals surface area contributed by atoms with E-state index in [1.165, 1.54) is 16.6 Å². The van der Waals surface area contributed by atoms with Crippen LogP contribution in [0, 0.1) is 0 Å². The Hall–Kier alpha value is -1.28. The second kappa shape index (κ2) is 3.84. The molecule has 2 nitrogen and oxygen atoms in total. The number of hydrogen-bond acceptors (Lipinski definition) is 1. The van der Waals surface area contributed by atoms with Crippen LogP contribution >= 0.6 is 0 Å². The lowest BCUT2D eigenvalue weighted by molar-refractivity contribution is 0.692. The third kappa shape index (κ3) is 1.42. The third-order valence-electron chi connectivity index (χ3n) is 2.57. The van der Waals surface area contributed by atoms with E-state index in [0.29, 0.717) is 0 Å². The number of aromatic nitrogens is 1. The first-order valence-corrected chi connectivity index (χ1v) is 5.08. The molecule has 0 radical (unpaired) electrons. The molecule has 0 saturated carbocycles. The summed E-state index contributed by atoms with van der Waals surface area (Å²) in [6.07, 6.45) is 0. The fourth-order valence-electron chi connectivity index (χ4n) is 1.97. The van der Waals surface area contributed by atoms with Crippen molar-refractivity contribution in [2.24, 2.45) is 0 Å². The Morgan fingerprint density at radius 3 is 2.79 bits per heavy atom. The SMILES string of the molecule is CCn1c(CNC)cc2ccccc21. The molecule has 0 aliphatic heterocycles. The average molecular weight is 188 g/mol. The summed E-state index contributed by atoms with van der Waals surface area (Å²) in [6.45, 7) is 4.15. The van der Waals surface area contributed by atoms with Gasteiger partial charge in [-0.05, 0) is 31.5 Å². The number of para-hydroxylation sites is 1. The van der Waals surface area contributed by atoms with Crippen LogP contribution in [0.15, 0.2) is 30.3 Å². The summed E-state index contributed by atoms with van der Waals surface area (Å²) in [5.41, 5.74) is 2.69. The maximum atomic E-state index is 3.20. The molecular weight excluding hydrogens is 172 g/mol. The Kier molecular flexibility index (Phi) is 2.55. The van der Waals surface area contributed by atoms with Crippen molar-refractivity contribution in [3.05, 3.63) is 36.0 Å². The topological polar surface area (TPSA) is 17.0 Å². The van der Waals surface area contributed by atoms with Crippen molar-refractivity contribution in [1.29, 1.82) is 0 Å². The predicted molar refractivity (Wildman–Crippen MR) is 60.4 cm³/mol. The highest BCUT2D eigenvalue weighted by atomic mass is 15.0. The van der Waals surface area contributed by atoms with Gasteiger partial charge in [0.25, 0.3) is 0 Å². The van der Waals surface area contributed by atoms with Crippen LogP contribution in [0.2, 0.25) is 0 Å². The Morgan fingerprint density at radius 2 is 2.07 bits per heavy atom. The van der Waals surface area contributed by atoms with E-state index in [0.717, 1.165) is 13.1 Å². The maximum Gasteiger partial charge on any atom is 0.0482 e. The molecule has 74 valence electrons. The van der Waals surface area contributed by atoms with Crippen molar-refractivity contribution in [1.82, 2.24) is 9.88 Å². The number of hydrogen-bond donors (Lipinski definition) is 1. The molecular formula is C12H16N2. The van der Waals surface area contributed by atoms with Crippen molar-refractivity contribution in [3.63, 3.8) is 0 Å². The predicted octanol–water partition coefficient (Wildman–Crippen LogP) is 2.38. The highest BCUT2D eigenvalue weighted by Crippen LogP contribution is 2.19. The molecule has 0 atom stereocenters. The summed E-state index contributed by atoms with van der Waals surface area (Å²) < 4.78 is 2.35. The van der Waals surface area contributed by atoms with Gasteiger partial charge in [-0.1, -0.05) is 18.2 Å². The zero-order valence-corrected chi connectivity index (χ0v) is 8.75. The van der Waals surface area contributed by atoms with Crippen LogP contribution in [0.1, 0.15) is 12.6 Å². The van der Waals surface area contributed by atoms with E-state index >= 15 is 0 Å². The molecule has 1 aromatic carbocycles. The van der Waals surface area contributed by atoms with Gasteiger partial charge in [-0.2, -0.15) is 0 Å². The molecule has 0 aliphatic carbocycles. The molecule has 1 heterocycles. The minimum atomic E-state index is 0.933. The second-order valence-electron chi connectivity index (χ2n) is 3.47. The number of fused-ring (bicyclic) bond motifs is 1. The average Bonchev–Trinajstić information content (AvgIpc) is 2.55. The summed E-state index contributed by atoms with van der Waals surface area (Å²) in [6, 6.07) is 10.8. The summed E-state index contributed by atoms with van der Waals surface area (Å²) in [7, 11) is 1.98. The lowest BCUT2D eigenvalue weighted by atomic mass is 10.2. The van der Waals surface area contributed by atoms with E-state index < -0.39 is 0 Å². The van der Waals surface area contributed by atoms with Gasteiger partial charge in [0.2, 0.25) is 0 Å². The van der Waals surface area contributed by atoms with Crippen molar-refractivity contribution in [2.75, 3.05) is 7.05 Å². The molecule has 0 amide bonds. The summed E-state index contributed by atoms with van der Waals surface area (Å²) in [5, 5.41) is 4.53. The summed E-state index contributed by atoms with van der Waals surface area (Å²) in [5.74, 6) is 0. The summed E-state index contributed by atoms with van der Waals surface area (Å²) >= 11 is 0. The highest BCUT2D eigenvalue weighted by molar-refractivity contribution is 5.81. The molecule has 0 spiro atoms. The van der Waals surface area contributed by atoms with Gasteiger partial charge in [-0.3, -0.25) is 0 Å². The first-order chi connectivity index (χ1) is 6.86. The number of nitrogens with one attached hydrogen (secondary N) is 1. The third-order valence-corrected chi connectivity index (χ3v) is 2.57. The molecule has 0 fully saturated rings. The molecule has 0 aliphatic rings. The number of nitrogens with zero attached hydrogens (tertiary/aromatic N) is 1. The molecule has 0 unspecified atom stereocenters. The molecule has 1 N–H and O–H groups in total. The normalized spacial score (nSPS) is 11.0. The minimum absolute atomic E-state index is 0.933. The molecule has 1 aromatic heterocycles. The molecule has 0 saturated heterocycles. The number of benzene rings is 1. The van der Waals surface area contributed by atoms with Gasteiger partial charge >= 0.3 is 0 Å². The van der Waals surface area contributed by atoms with Gasteiger partial charge in [0.15, 0.2) is 0 Å². The fraction of sp³-hybridized carbons (Fsp3) is 0.333. The van der Waals surface area contributed by atoms with E-state index in [9.17, 15) is 0 Å². The van der Waals surface area contributed by atoms with Gasteiger partial charge in [-0.25, -0.2) is 0 Å². The highest BCUT2D eigenvalue weighted by Gasteiger charge is 2.04. The Morgan fingerprint density at radius 1 is 1.29 bits per heavy atom. The lowest BCUT2D eigenvalue weighted by Crippen LogP contribution is -2.10. The number of aryl methyl sites for hydroxylation is 1. The minimum Gasteiger partial charge on any atom is -0.344 e. The first-order valence-electron chi connectivity index (χ1n) is 5.08. The van der Waals surface area contributed by atoms with Gasteiger partial charge in [-0.15, -0.1) is 0 Å². The van der Waals surface area contributed by atoms with E-state index in [1.807, 2.05) is 7.05 Å². The van der Waals surface area contributed by atoms with Gasteiger partial charge in [0.05, 0.1) is 0 Å². The van der Waals surface area contributed by atoms with Crippen LogP contribution in [0.25, 0.3) is 10.9 Å². The quantitative estimate of drug-likeness (QED) is 0.782. The van der Waals surface area contributed by atoms with Crippen molar-refractivity contribution in [2.45, 2.75) is 20.0 Å².